The SMILES string of the molecule is C=CCOC(=O)Oc1cc(C)c(C[C@@H](N)C(=O)N2CCCc3cc(OC)ccc32)c(C)c1. The van der Waals surface area contributed by atoms with Gasteiger partial charge in [-0.3, -0.25) is 4.79 Å². The van der Waals surface area contributed by atoms with E-state index in [1.54, 1.807) is 24.1 Å². The molecule has 1 amide bonds. The first kappa shape index (κ1) is 23.3. The van der Waals surface area contributed by atoms with Crippen molar-refractivity contribution < 1.29 is 23.8 Å². The first-order chi connectivity index (χ1) is 15.3. The molecule has 0 saturated carbocycles. The van der Waals surface area contributed by atoms with Crippen LogP contribution in [0.5, 0.6) is 11.5 Å². The third kappa shape index (κ3) is 5.29. The molecule has 1 atom stereocenters. The van der Waals surface area contributed by atoms with Crippen LogP contribution in [-0.4, -0.2) is 38.4 Å². The molecule has 170 valence electrons. The quantitative estimate of drug-likeness (QED) is 0.401. The summed E-state index contributed by atoms with van der Waals surface area (Å²) in [5, 5.41) is 0. The lowest BCUT2D eigenvalue weighted by Crippen LogP contribution is -2.47. The Labute approximate surface area is 188 Å². The van der Waals surface area contributed by atoms with Crippen LogP contribution in [0.4, 0.5) is 10.5 Å². The Balaban J connectivity index is 1.73. The lowest BCUT2D eigenvalue weighted by atomic mass is 9.94. The number of carbonyl (C=O) groups is 2. The summed E-state index contributed by atoms with van der Waals surface area (Å²) in [5.41, 5.74) is 11.1. The number of benzene rings is 2. The molecule has 32 heavy (non-hydrogen) atoms. The van der Waals surface area contributed by atoms with E-state index in [9.17, 15) is 9.59 Å². The maximum Gasteiger partial charge on any atom is 0.514 e. The van der Waals surface area contributed by atoms with Gasteiger partial charge in [-0.15, -0.1) is 0 Å². The van der Waals surface area contributed by atoms with Gasteiger partial charge in [-0.2, -0.15) is 0 Å². The van der Waals surface area contributed by atoms with Crippen molar-refractivity contribution >= 4 is 17.7 Å². The minimum Gasteiger partial charge on any atom is -0.497 e. The monoisotopic (exact) mass is 438 g/mol. The Kier molecular flexibility index (Phi) is 7.53. The topological polar surface area (TPSA) is 91.1 Å². The molecule has 3 rings (SSSR count). The highest BCUT2D eigenvalue weighted by atomic mass is 16.7. The molecule has 0 spiro atoms. The largest absolute Gasteiger partial charge is 0.514 e. The molecule has 0 fully saturated rings. The minimum atomic E-state index is -0.788. The molecule has 7 heteroatoms. The van der Waals surface area contributed by atoms with Crippen molar-refractivity contribution in [2.45, 2.75) is 39.2 Å². The molecule has 2 aromatic carbocycles. The summed E-state index contributed by atoms with van der Waals surface area (Å²) < 4.78 is 15.4. The van der Waals surface area contributed by atoms with Gasteiger partial charge in [0.25, 0.3) is 0 Å². The second kappa shape index (κ2) is 10.3. The zero-order chi connectivity index (χ0) is 23.3. The van der Waals surface area contributed by atoms with E-state index in [0.717, 1.165) is 46.5 Å². The predicted octanol–water partition coefficient (Wildman–Crippen LogP) is 3.86. The van der Waals surface area contributed by atoms with E-state index in [1.165, 1.54) is 6.08 Å². The van der Waals surface area contributed by atoms with Crippen LogP contribution >= 0.6 is 0 Å². The Morgan fingerprint density at radius 3 is 2.56 bits per heavy atom. The molecule has 2 aromatic rings. The number of fused-ring (bicyclic) bond motifs is 1. The third-order valence-electron chi connectivity index (χ3n) is 5.60. The van der Waals surface area contributed by atoms with Crippen molar-refractivity contribution in [1.82, 2.24) is 0 Å². The van der Waals surface area contributed by atoms with E-state index in [0.29, 0.717) is 18.7 Å². The van der Waals surface area contributed by atoms with E-state index in [2.05, 4.69) is 6.58 Å². The molecule has 2 N–H and O–H groups in total. The maximum absolute atomic E-state index is 13.2. The molecule has 0 radical (unpaired) electrons. The number of nitrogens with zero attached hydrogens (tertiary/aromatic N) is 1. The molecule has 7 nitrogen and oxygen atoms in total. The smallest absolute Gasteiger partial charge is 0.497 e. The fourth-order valence-electron chi connectivity index (χ4n) is 4.02. The average molecular weight is 439 g/mol. The van der Waals surface area contributed by atoms with Crippen molar-refractivity contribution in [3.8, 4) is 11.5 Å². The molecular formula is C25H30N2O5. The second-order valence-electron chi connectivity index (χ2n) is 7.89. The van der Waals surface area contributed by atoms with E-state index in [4.69, 9.17) is 19.9 Å². The molecule has 0 bridgehead atoms. The fourth-order valence-corrected chi connectivity index (χ4v) is 4.02. The first-order valence-corrected chi connectivity index (χ1v) is 10.6. The normalized spacial score (nSPS) is 13.7. The van der Waals surface area contributed by atoms with E-state index < -0.39 is 12.2 Å². The number of ether oxygens (including phenoxy) is 3. The lowest BCUT2D eigenvalue weighted by Gasteiger charge is -2.32. The standard InChI is InChI=1S/C25H30N2O5/c1-5-11-31-25(29)32-20-12-16(2)21(17(3)13-20)15-22(26)24(28)27-10-6-7-18-14-19(30-4)8-9-23(18)27/h5,8-9,12-14,22H,1,6-7,10-11,15,26H2,2-4H3/t22-/m1/s1. The van der Waals surface area contributed by atoms with Gasteiger partial charge in [0, 0.05) is 12.2 Å². The van der Waals surface area contributed by atoms with Crippen LogP contribution in [-0.2, 0) is 22.4 Å². The van der Waals surface area contributed by atoms with Gasteiger partial charge in [-0.1, -0.05) is 12.7 Å². The summed E-state index contributed by atoms with van der Waals surface area (Å²) in [4.78, 5) is 26.7. The number of methoxy groups -OCH3 is 1. The Bertz CT molecular complexity index is 994. The van der Waals surface area contributed by atoms with Crippen LogP contribution in [0.15, 0.2) is 43.0 Å². The molecule has 0 aliphatic carbocycles. The number of anilines is 1. The Hall–Kier alpha value is -3.32. The lowest BCUT2D eigenvalue weighted by molar-refractivity contribution is -0.119. The van der Waals surface area contributed by atoms with Crippen LogP contribution in [0, 0.1) is 13.8 Å². The van der Waals surface area contributed by atoms with Gasteiger partial charge in [0.05, 0.1) is 13.2 Å². The average Bonchev–Trinajstić information content (AvgIpc) is 2.78. The summed E-state index contributed by atoms with van der Waals surface area (Å²) in [6.45, 7) is 8.03. The van der Waals surface area contributed by atoms with Gasteiger partial charge >= 0.3 is 6.16 Å². The molecule has 1 heterocycles. The zero-order valence-corrected chi connectivity index (χ0v) is 18.8. The van der Waals surface area contributed by atoms with Crippen molar-refractivity contribution in [3.63, 3.8) is 0 Å². The molecule has 0 aromatic heterocycles. The van der Waals surface area contributed by atoms with Gasteiger partial charge < -0.3 is 24.8 Å². The number of hydrogen-bond donors (Lipinski definition) is 1. The predicted molar refractivity (Wildman–Crippen MR) is 123 cm³/mol. The number of carbonyl (C=O) groups excluding carboxylic acids is 2. The van der Waals surface area contributed by atoms with Crippen LogP contribution in [0.25, 0.3) is 0 Å². The van der Waals surface area contributed by atoms with Gasteiger partial charge in [-0.25, -0.2) is 4.79 Å². The third-order valence-corrected chi connectivity index (χ3v) is 5.60. The highest BCUT2D eigenvalue weighted by Gasteiger charge is 2.28. The van der Waals surface area contributed by atoms with Crippen molar-refractivity contribution in [2.24, 2.45) is 5.73 Å². The molecule has 1 aliphatic rings. The minimum absolute atomic E-state index is 0.0816. The number of hydrogen-bond acceptors (Lipinski definition) is 6. The second-order valence-corrected chi connectivity index (χ2v) is 7.89. The Morgan fingerprint density at radius 2 is 1.91 bits per heavy atom. The van der Waals surface area contributed by atoms with Crippen molar-refractivity contribution in [1.29, 1.82) is 0 Å². The zero-order valence-electron chi connectivity index (χ0n) is 18.8. The van der Waals surface area contributed by atoms with Gasteiger partial charge in [0.1, 0.15) is 18.1 Å². The highest BCUT2D eigenvalue weighted by molar-refractivity contribution is 5.98. The summed E-state index contributed by atoms with van der Waals surface area (Å²) in [5.74, 6) is 1.06. The van der Waals surface area contributed by atoms with Crippen LogP contribution in [0.2, 0.25) is 0 Å². The molecule has 0 unspecified atom stereocenters. The maximum atomic E-state index is 13.2. The van der Waals surface area contributed by atoms with E-state index >= 15 is 0 Å². The van der Waals surface area contributed by atoms with Gasteiger partial charge in [0.2, 0.25) is 5.91 Å². The van der Waals surface area contributed by atoms with E-state index in [1.807, 2.05) is 32.0 Å². The number of amides is 1. The number of aryl methyl sites for hydroxylation is 3. The summed E-state index contributed by atoms with van der Waals surface area (Å²) >= 11 is 0. The summed E-state index contributed by atoms with van der Waals surface area (Å²) in [6.07, 6.45) is 2.85. The Morgan fingerprint density at radius 1 is 1.19 bits per heavy atom. The van der Waals surface area contributed by atoms with E-state index in [-0.39, 0.29) is 12.5 Å². The van der Waals surface area contributed by atoms with Crippen LogP contribution < -0.4 is 20.1 Å². The van der Waals surface area contributed by atoms with Crippen LogP contribution in [0.1, 0.15) is 28.7 Å². The molecular weight excluding hydrogens is 408 g/mol. The first-order valence-electron chi connectivity index (χ1n) is 10.6. The molecule has 1 aliphatic heterocycles. The fraction of sp³-hybridized carbons (Fsp3) is 0.360. The van der Waals surface area contributed by atoms with Crippen molar-refractivity contribution in [2.75, 3.05) is 25.2 Å². The highest BCUT2D eigenvalue weighted by Crippen LogP contribution is 2.31. The van der Waals surface area contributed by atoms with Crippen molar-refractivity contribution in [3.05, 3.63) is 65.2 Å². The number of rotatable bonds is 7. The van der Waals surface area contributed by atoms with Crippen LogP contribution in [0.3, 0.4) is 0 Å². The summed E-state index contributed by atoms with van der Waals surface area (Å²) in [7, 11) is 1.63. The molecule has 0 saturated heterocycles. The van der Waals surface area contributed by atoms with Gasteiger partial charge in [-0.05, 0) is 85.7 Å². The number of nitrogens with two attached hydrogens (primary N) is 1. The summed E-state index contributed by atoms with van der Waals surface area (Å²) in [6, 6.07) is 8.57. The van der Waals surface area contributed by atoms with Gasteiger partial charge in [0.15, 0.2) is 0 Å².